The molecule has 0 aromatic heterocycles. The lowest BCUT2D eigenvalue weighted by molar-refractivity contribution is -0.129. The number of carbonyl (C=O) groups is 2. The summed E-state index contributed by atoms with van der Waals surface area (Å²) in [5, 5.41) is 2.80. The third-order valence-electron chi connectivity index (χ3n) is 3.45. The van der Waals surface area contributed by atoms with E-state index in [1.54, 1.807) is 0 Å². The molecule has 2 rings (SSSR count). The summed E-state index contributed by atoms with van der Waals surface area (Å²) in [5.41, 5.74) is 0. The van der Waals surface area contributed by atoms with Crippen LogP contribution >= 0.6 is 0 Å². The maximum Gasteiger partial charge on any atom is 0.325 e. The van der Waals surface area contributed by atoms with Crippen molar-refractivity contribution in [1.29, 1.82) is 0 Å². The number of urea groups is 1. The van der Waals surface area contributed by atoms with Crippen LogP contribution in [-0.4, -0.2) is 28.9 Å². The normalized spacial score (nSPS) is 26.9. The molecule has 4 nitrogen and oxygen atoms in total. The molecule has 90 valence electrons. The number of hydrogen-bond donors (Lipinski definition) is 1. The highest BCUT2D eigenvalue weighted by atomic mass is 16.2. The lowest BCUT2D eigenvalue weighted by Crippen LogP contribution is -2.39. The Balaban J connectivity index is 2.04. The third-order valence-corrected chi connectivity index (χ3v) is 3.45. The van der Waals surface area contributed by atoms with Crippen LogP contribution in [0.2, 0.25) is 0 Å². The molecule has 0 bridgehead atoms. The molecule has 2 aliphatic rings. The summed E-state index contributed by atoms with van der Waals surface area (Å²) >= 11 is 0. The molecule has 0 aromatic rings. The van der Waals surface area contributed by atoms with Gasteiger partial charge in [-0.2, -0.15) is 0 Å². The van der Waals surface area contributed by atoms with Gasteiger partial charge in [-0.05, 0) is 25.2 Å². The van der Waals surface area contributed by atoms with Gasteiger partial charge in [0.05, 0.1) is 0 Å². The summed E-state index contributed by atoms with van der Waals surface area (Å²) in [7, 11) is 0. The molecule has 0 unspecified atom stereocenters. The maximum atomic E-state index is 12.1. The second kappa shape index (κ2) is 4.44. The van der Waals surface area contributed by atoms with Gasteiger partial charge in [0.2, 0.25) is 0 Å². The minimum atomic E-state index is -0.284. The van der Waals surface area contributed by atoms with Gasteiger partial charge in [-0.25, -0.2) is 4.79 Å². The van der Waals surface area contributed by atoms with Gasteiger partial charge >= 0.3 is 6.03 Å². The molecule has 1 aliphatic carbocycles. The molecular weight excluding hydrogens is 204 g/mol. The Morgan fingerprint density at radius 1 is 1.31 bits per heavy atom. The third kappa shape index (κ3) is 2.06. The largest absolute Gasteiger partial charge is 0.326 e. The first-order valence-corrected chi connectivity index (χ1v) is 6.23. The van der Waals surface area contributed by atoms with Crippen molar-refractivity contribution in [2.45, 2.75) is 58.0 Å². The van der Waals surface area contributed by atoms with E-state index in [-0.39, 0.29) is 24.0 Å². The van der Waals surface area contributed by atoms with Crippen molar-refractivity contribution < 1.29 is 9.59 Å². The van der Waals surface area contributed by atoms with E-state index in [1.165, 1.54) is 4.90 Å². The van der Waals surface area contributed by atoms with Crippen LogP contribution in [0, 0.1) is 5.92 Å². The number of nitrogens with one attached hydrogen (secondary N) is 1. The average molecular weight is 224 g/mol. The predicted molar refractivity (Wildman–Crippen MR) is 60.9 cm³/mol. The number of carbonyl (C=O) groups excluding carboxylic acids is 2. The van der Waals surface area contributed by atoms with Crippen molar-refractivity contribution in [2.75, 3.05) is 0 Å². The van der Waals surface area contributed by atoms with Crippen LogP contribution in [-0.2, 0) is 4.79 Å². The maximum absolute atomic E-state index is 12.1. The first-order valence-electron chi connectivity index (χ1n) is 6.23. The molecule has 1 heterocycles. The minimum Gasteiger partial charge on any atom is -0.326 e. The monoisotopic (exact) mass is 224 g/mol. The lowest BCUT2D eigenvalue weighted by Gasteiger charge is -2.20. The highest BCUT2D eigenvalue weighted by Crippen LogP contribution is 2.27. The molecule has 3 amide bonds. The molecule has 1 N–H and O–H groups in total. The predicted octanol–water partition coefficient (Wildman–Crippen LogP) is 1.90. The number of amides is 3. The number of imide groups is 1. The van der Waals surface area contributed by atoms with Gasteiger partial charge in [0.15, 0.2) is 0 Å². The number of rotatable bonds is 3. The molecule has 1 aliphatic heterocycles. The zero-order valence-electron chi connectivity index (χ0n) is 10.0. The van der Waals surface area contributed by atoms with Gasteiger partial charge in [0.1, 0.15) is 6.04 Å². The van der Waals surface area contributed by atoms with E-state index < -0.39 is 0 Å². The SMILES string of the molecule is CC(C)C[C@@H]1NC(=O)N(C2CCCC2)C1=O. The van der Waals surface area contributed by atoms with E-state index >= 15 is 0 Å². The summed E-state index contributed by atoms with van der Waals surface area (Å²) in [6, 6.07) is -0.305. The molecule has 1 saturated heterocycles. The highest BCUT2D eigenvalue weighted by Gasteiger charge is 2.42. The fraction of sp³-hybridized carbons (Fsp3) is 0.833. The lowest BCUT2D eigenvalue weighted by atomic mass is 10.0. The van der Waals surface area contributed by atoms with Gasteiger partial charge in [0, 0.05) is 6.04 Å². The van der Waals surface area contributed by atoms with Crippen LogP contribution < -0.4 is 5.32 Å². The molecule has 0 spiro atoms. The fourth-order valence-corrected chi connectivity index (χ4v) is 2.69. The minimum absolute atomic E-state index is 0.00870. The highest BCUT2D eigenvalue weighted by molar-refractivity contribution is 6.04. The molecule has 1 atom stereocenters. The molecule has 0 radical (unpaired) electrons. The second-order valence-electron chi connectivity index (χ2n) is 5.28. The van der Waals surface area contributed by atoms with Crippen LogP contribution in [0.4, 0.5) is 4.79 Å². The van der Waals surface area contributed by atoms with Crippen molar-refractivity contribution in [3.63, 3.8) is 0 Å². The summed E-state index contributed by atoms with van der Waals surface area (Å²) in [6.45, 7) is 4.13. The van der Waals surface area contributed by atoms with Gasteiger partial charge in [-0.3, -0.25) is 9.69 Å². The number of nitrogens with zero attached hydrogens (tertiary/aromatic N) is 1. The topological polar surface area (TPSA) is 49.4 Å². The Hall–Kier alpha value is -1.06. The van der Waals surface area contributed by atoms with E-state index in [2.05, 4.69) is 19.2 Å². The zero-order valence-corrected chi connectivity index (χ0v) is 10.0. The van der Waals surface area contributed by atoms with Crippen LogP contribution in [0.15, 0.2) is 0 Å². The van der Waals surface area contributed by atoms with Gasteiger partial charge in [-0.1, -0.05) is 26.7 Å². The number of hydrogen-bond acceptors (Lipinski definition) is 2. The smallest absolute Gasteiger partial charge is 0.325 e. The van der Waals surface area contributed by atoms with Gasteiger partial charge in [-0.15, -0.1) is 0 Å². The standard InChI is InChI=1S/C12H20N2O2/c1-8(2)7-10-11(15)14(12(16)13-10)9-5-3-4-6-9/h8-10H,3-7H2,1-2H3,(H,13,16)/t10-/m0/s1. The fourth-order valence-electron chi connectivity index (χ4n) is 2.69. The van der Waals surface area contributed by atoms with Crippen LogP contribution in [0.1, 0.15) is 46.0 Å². The summed E-state index contributed by atoms with van der Waals surface area (Å²) in [5.74, 6) is 0.420. The van der Waals surface area contributed by atoms with Gasteiger partial charge in [0.25, 0.3) is 5.91 Å². The van der Waals surface area contributed by atoms with Crippen molar-refractivity contribution >= 4 is 11.9 Å². The Labute approximate surface area is 96.4 Å². The molecule has 2 fully saturated rings. The molecule has 16 heavy (non-hydrogen) atoms. The van der Waals surface area contributed by atoms with E-state index in [0.717, 1.165) is 32.1 Å². The van der Waals surface area contributed by atoms with E-state index in [4.69, 9.17) is 0 Å². The first-order chi connectivity index (χ1) is 7.59. The molecular formula is C12H20N2O2. The Kier molecular flexibility index (Phi) is 3.17. The van der Waals surface area contributed by atoms with Gasteiger partial charge < -0.3 is 5.32 Å². The van der Waals surface area contributed by atoms with Crippen molar-refractivity contribution in [1.82, 2.24) is 10.2 Å². The van der Waals surface area contributed by atoms with Crippen molar-refractivity contribution in [3.8, 4) is 0 Å². The van der Waals surface area contributed by atoms with Crippen LogP contribution in [0.25, 0.3) is 0 Å². The second-order valence-corrected chi connectivity index (χ2v) is 5.28. The van der Waals surface area contributed by atoms with Crippen LogP contribution in [0.3, 0.4) is 0 Å². The average Bonchev–Trinajstić information content (AvgIpc) is 2.76. The molecule has 4 heteroatoms. The summed E-state index contributed by atoms with van der Waals surface area (Å²) in [6.07, 6.45) is 4.97. The quantitative estimate of drug-likeness (QED) is 0.744. The zero-order chi connectivity index (χ0) is 11.7. The first kappa shape index (κ1) is 11.4. The Morgan fingerprint density at radius 3 is 2.50 bits per heavy atom. The van der Waals surface area contributed by atoms with E-state index in [0.29, 0.717) is 5.92 Å². The Morgan fingerprint density at radius 2 is 1.94 bits per heavy atom. The molecule has 1 saturated carbocycles. The van der Waals surface area contributed by atoms with Crippen molar-refractivity contribution in [3.05, 3.63) is 0 Å². The summed E-state index contributed by atoms with van der Waals surface area (Å²) < 4.78 is 0. The van der Waals surface area contributed by atoms with Crippen LogP contribution in [0.5, 0.6) is 0 Å². The summed E-state index contributed by atoms with van der Waals surface area (Å²) in [4.78, 5) is 25.3. The van der Waals surface area contributed by atoms with E-state index in [1.807, 2.05) is 0 Å². The Bertz CT molecular complexity index is 295. The molecule has 0 aromatic carbocycles. The van der Waals surface area contributed by atoms with Crippen molar-refractivity contribution in [2.24, 2.45) is 5.92 Å². The van der Waals surface area contributed by atoms with E-state index in [9.17, 15) is 9.59 Å².